The fraction of sp³-hybridized carbons (Fsp3) is 0.375. The highest BCUT2D eigenvalue weighted by molar-refractivity contribution is 6.25. The molecule has 0 spiro atoms. The van der Waals surface area contributed by atoms with E-state index in [1.165, 1.54) is 11.6 Å². The van der Waals surface area contributed by atoms with Crippen LogP contribution in [-0.4, -0.2) is 11.1 Å². The molecule has 2 nitrogen and oxygen atoms in total. The van der Waals surface area contributed by atoms with E-state index < -0.39 is 11.4 Å². The summed E-state index contributed by atoms with van der Waals surface area (Å²) < 4.78 is 0. The predicted molar refractivity (Wildman–Crippen MR) is 45.5 cm³/mol. The molecule has 1 aliphatic carbocycles. The summed E-state index contributed by atoms with van der Waals surface area (Å²) >= 11 is 4.76. The lowest BCUT2D eigenvalue weighted by Gasteiger charge is -1.97. The minimum Gasteiger partial charge on any atom is -0.481 e. The van der Waals surface area contributed by atoms with Gasteiger partial charge < -0.3 is 5.11 Å². The van der Waals surface area contributed by atoms with Gasteiger partial charge in [0.05, 0.1) is 5.41 Å². The highest BCUT2D eigenvalue weighted by Gasteiger charge is 2.47. The van der Waals surface area contributed by atoms with Gasteiger partial charge in [0, 0.05) is 0 Å². The third kappa shape index (κ3) is 2.76. The van der Waals surface area contributed by atoms with Crippen LogP contribution in [0.25, 0.3) is 0 Å². The normalized spacial score (nSPS) is 17.2. The SMILES string of the molecule is C=CC1(C(=O)O)CC1.C=CCl. The molecular formula is C8H11ClO2. The first-order valence-corrected chi connectivity index (χ1v) is 3.64. The van der Waals surface area contributed by atoms with Gasteiger partial charge in [-0.2, -0.15) is 0 Å². The monoisotopic (exact) mass is 174 g/mol. The summed E-state index contributed by atoms with van der Waals surface area (Å²) in [7, 11) is 0. The van der Waals surface area contributed by atoms with Gasteiger partial charge in [0.1, 0.15) is 0 Å². The third-order valence-corrected chi connectivity index (χ3v) is 1.61. The van der Waals surface area contributed by atoms with E-state index in [2.05, 4.69) is 13.2 Å². The number of carbonyl (C=O) groups is 1. The van der Waals surface area contributed by atoms with E-state index in [1.807, 2.05) is 0 Å². The molecule has 1 fully saturated rings. The number of carboxylic acid groups (broad SMARTS) is 1. The predicted octanol–water partition coefficient (Wildman–Crippen LogP) is 2.41. The van der Waals surface area contributed by atoms with E-state index in [1.54, 1.807) is 0 Å². The van der Waals surface area contributed by atoms with Gasteiger partial charge >= 0.3 is 5.97 Å². The van der Waals surface area contributed by atoms with Gasteiger partial charge in [0.2, 0.25) is 0 Å². The van der Waals surface area contributed by atoms with E-state index >= 15 is 0 Å². The second kappa shape index (κ2) is 4.19. The zero-order valence-electron chi connectivity index (χ0n) is 6.22. The molecule has 0 amide bonds. The Morgan fingerprint density at radius 3 is 1.91 bits per heavy atom. The standard InChI is InChI=1S/C6H8O2.C2H3Cl/c1-2-6(3-4-6)5(7)8;1-2-3/h2H,1,3-4H2,(H,7,8);2H,1H2. The first-order chi connectivity index (χ1) is 5.13. The molecule has 0 atom stereocenters. The summed E-state index contributed by atoms with van der Waals surface area (Å²) in [6.45, 7) is 6.56. The minimum absolute atomic E-state index is 0.528. The second-order valence-corrected chi connectivity index (χ2v) is 2.63. The number of halogens is 1. The average Bonchev–Trinajstić information content (AvgIpc) is 2.68. The van der Waals surface area contributed by atoms with E-state index in [0.717, 1.165) is 12.8 Å². The maximum Gasteiger partial charge on any atom is 0.313 e. The van der Waals surface area contributed by atoms with Crippen molar-refractivity contribution in [2.45, 2.75) is 12.8 Å². The maximum absolute atomic E-state index is 10.2. The molecule has 0 heterocycles. The fourth-order valence-corrected chi connectivity index (χ4v) is 0.640. The lowest BCUT2D eigenvalue weighted by Crippen LogP contribution is -2.10. The zero-order valence-corrected chi connectivity index (χ0v) is 6.97. The Bertz CT molecular complexity index is 171. The molecular weight excluding hydrogens is 164 g/mol. The number of hydrogen-bond donors (Lipinski definition) is 1. The molecule has 62 valence electrons. The average molecular weight is 175 g/mol. The van der Waals surface area contributed by atoms with Crippen LogP contribution in [0, 0.1) is 5.41 Å². The van der Waals surface area contributed by atoms with Gasteiger partial charge in [-0.3, -0.25) is 4.79 Å². The highest BCUT2D eigenvalue weighted by Crippen LogP contribution is 2.46. The lowest BCUT2D eigenvalue weighted by molar-refractivity contribution is -0.141. The maximum atomic E-state index is 10.2. The molecule has 1 saturated carbocycles. The molecule has 0 radical (unpaired) electrons. The number of rotatable bonds is 2. The Labute approximate surface area is 71.2 Å². The summed E-state index contributed by atoms with van der Waals surface area (Å²) in [5, 5.41) is 8.43. The van der Waals surface area contributed by atoms with Crippen LogP contribution in [0.15, 0.2) is 24.8 Å². The Balaban J connectivity index is 0.000000292. The van der Waals surface area contributed by atoms with Gasteiger partial charge in [0.25, 0.3) is 0 Å². The largest absolute Gasteiger partial charge is 0.481 e. The first kappa shape index (κ1) is 10.2. The summed E-state index contributed by atoms with van der Waals surface area (Å²) in [5.41, 5.74) is 0.694. The van der Waals surface area contributed by atoms with E-state index in [4.69, 9.17) is 16.7 Å². The first-order valence-electron chi connectivity index (χ1n) is 3.21. The van der Waals surface area contributed by atoms with Crippen LogP contribution in [0.1, 0.15) is 12.8 Å². The van der Waals surface area contributed by atoms with Crippen molar-refractivity contribution in [1.29, 1.82) is 0 Å². The van der Waals surface area contributed by atoms with E-state index in [0.29, 0.717) is 0 Å². The fourth-order valence-electron chi connectivity index (χ4n) is 0.640. The summed E-state index contributed by atoms with van der Waals surface area (Å²) in [6.07, 6.45) is 3.06. The van der Waals surface area contributed by atoms with Crippen molar-refractivity contribution in [3.63, 3.8) is 0 Å². The molecule has 11 heavy (non-hydrogen) atoms. The van der Waals surface area contributed by atoms with Crippen molar-refractivity contribution >= 4 is 17.6 Å². The van der Waals surface area contributed by atoms with Gasteiger partial charge in [0.15, 0.2) is 0 Å². The van der Waals surface area contributed by atoms with Gasteiger partial charge in [-0.15, -0.1) is 6.58 Å². The number of hydrogen-bond acceptors (Lipinski definition) is 1. The molecule has 0 aromatic heterocycles. The van der Waals surface area contributed by atoms with Crippen molar-refractivity contribution in [3.05, 3.63) is 24.8 Å². The van der Waals surface area contributed by atoms with Gasteiger partial charge in [-0.05, 0) is 18.4 Å². The van der Waals surface area contributed by atoms with Crippen molar-refractivity contribution < 1.29 is 9.90 Å². The lowest BCUT2D eigenvalue weighted by atomic mass is 10.1. The van der Waals surface area contributed by atoms with Crippen LogP contribution >= 0.6 is 11.6 Å². The van der Waals surface area contributed by atoms with Crippen LogP contribution in [0.2, 0.25) is 0 Å². The summed E-state index contributed by atoms with van der Waals surface area (Å²) in [6, 6.07) is 0. The summed E-state index contributed by atoms with van der Waals surface area (Å²) in [4.78, 5) is 10.2. The van der Waals surface area contributed by atoms with Crippen LogP contribution in [0.3, 0.4) is 0 Å². The van der Waals surface area contributed by atoms with Crippen LogP contribution < -0.4 is 0 Å². The Morgan fingerprint density at radius 2 is 1.91 bits per heavy atom. The Hall–Kier alpha value is -0.760. The number of aliphatic carboxylic acids is 1. The Kier molecular flexibility index (Phi) is 3.90. The van der Waals surface area contributed by atoms with Crippen molar-refractivity contribution in [2.24, 2.45) is 5.41 Å². The van der Waals surface area contributed by atoms with Crippen molar-refractivity contribution in [2.75, 3.05) is 0 Å². The van der Waals surface area contributed by atoms with Crippen LogP contribution in [-0.2, 0) is 4.79 Å². The molecule has 3 heteroatoms. The van der Waals surface area contributed by atoms with Crippen LogP contribution in [0.5, 0.6) is 0 Å². The molecule has 0 unspecified atom stereocenters. The molecule has 0 saturated heterocycles. The van der Waals surface area contributed by atoms with Gasteiger partial charge in [-0.25, -0.2) is 0 Å². The van der Waals surface area contributed by atoms with Crippen molar-refractivity contribution in [3.8, 4) is 0 Å². The molecule has 0 aromatic rings. The molecule has 0 aliphatic heterocycles. The van der Waals surface area contributed by atoms with Crippen LogP contribution in [0.4, 0.5) is 0 Å². The van der Waals surface area contributed by atoms with Crippen molar-refractivity contribution in [1.82, 2.24) is 0 Å². The molecule has 1 N–H and O–H groups in total. The van der Waals surface area contributed by atoms with Gasteiger partial charge in [-0.1, -0.05) is 24.3 Å². The third-order valence-electron chi connectivity index (χ3n) is 1.61. The van der Waals surface area contributed by atoms with E-state index in [9.17, 15) is 4.79 Å². The minimum atomic E-state index is -0.729. The smallest absolute Gasteiger partial charge is 0.313 e. The molecule has 0 aromatic carbocycles. The second-order valence-electron chi connectivity index (χ2n) is 2.32. The molecule has 1 aliphatic rings. The summed E-state index contributed by atoms with van der Waals surface area (Å²) in [5.74, 6) is -0.729. The molecule has 0 bridgehead atoms. The Morgan fingerprint density at radius 1 is 1.55 bits per heavy atom. The number of carboxylic acids is 1. The highest BCUT2D eigenvalue weighted by atomic mass is 35.5. The zero-order chi connectivity index (χ0) is 8.91. The topological polar surface area (TPSA) is 37.3 Å². The van der Waals surface area contributed by atoms with E-state index in [-0.39, 0.29) is 0 Å². The quantitative estimate of drug-likeness (QED) is 0.653. The molecule has 1 rings (SSSR count).